The van der Waals surface area contributed by atoms with Crippen LogP contribution in [0.2, 0.25) is 0 Å². The molecule has 184 valence electrons. The Morgan fingerprint density at radius 2 is 1.71 bits per heavy atom. The monoisotopic (exact) mass is 506 g/mol. The quantitative estimate of drug-likeness (QED) is 0.141. The van der Waals surface area contributed by atoms with Gasteiger partial charge in [-0.15, -0.1) is 0 Å². The van der Waals surface area contributed by atoms with E-state index >= 15 is 0 Å². The molecule has 0 amide bonds. The summed E-state index contributed by atoms with van der Waals surface area (Å²) in [6.07, 6.45) is 7.58. The van der Waals surface area contributed by atoms with Crippen LogP contribution in [-0.2, 0) is 25.7 Å². The smallest absolute Gasteiger partial charge is 0.294 e. The van der Waals surface area contributed by atoms with Crippen molar-refractivity contribution in [2.24, 2.45) is 0 Å². The first-order valence-electron chi connectivity index (χ1n) is 10.6. The van der Waals surface area contributed by atoms with Gasteiger partial charge in [0, 0.05) is 23.0 Å². The number of hydrogen-bond donors (Lipinski definition) is 4. The summed E-state index contributed by atoms with van der Waals surface area (Å²) in [5.74, 6) is -0.399. The van der Waals surface area contributed by atoms with Gasteiger partial charge in [0.05, 0.1) is 10.6 Å². The number of aryl methyl sites for hydroxylation is 1. The highest BCUT2D eigenvalue weighted by atomic mass is 32.2. The van der Waals surface area contributed by atoms with Gasteiger partial charge < -0.3 is 10.7 Å². The molecular weight excluding hydrogens is 476 g/mol. The van der Waals surface area contributed by atoms with Crippen LogP contribution in [0.15, 0.2) is 77.9 Å². The van der Waals surface area contributed by atoms with Crippen molar-refractivity contribution in [3.05, 3.63) is 84.1 Å². The van der Waals surface area contributed by atoms with Crippen molar-refractivity contribution < 1.29 is 25.9 Å². The first-order valence-corrected chi connectivity index (χ1v) is 13.7. The molecule has 1 unspecified atom stereocenters. The molecule has 4 N–H and O–H groups in total. The topological polar surface area (TPSA) is 145 Å². The Balaban J connectivity index is 2.30. The van der Waals surface area contributed by atoms with E-state index in [0.29, 0.717) is 18.4 Å². The fraction of sp³-hybridized carbons (Fsp3) is 0.292. The van der Waals surface area contributed by atoms with Crippen molar-refractivity contribution in [1.82, 2.24) is 0 Å². The molecule has 0 aliphatic heterocycles. The number of unbranched alkanes of at least 4 members (excludes halogenated alkanes) is 1. The second-order valence-corrected chi connectivity index (χ2v) is 11.2. The lowest BCUT2D eigenvalue weighted by atomic mass is 9.72. The zero-order valence-corrected chi connectivity index (χ0v) is 20.7. The lowest BCUT2D eigenvalue weighted by molar-refractivity contribution is 0.473. The number of allylic oxidation sites excluding steroid dienone is 3. The molecule has 1 atom stereocenters. The number of nitrogens with one attached hydrogen (secondary N) is 2. The highest BCUT2D eigenvalue weighted by molar-refractivity contribution is 7.86. The van der Waals surface area contributed by atoms with Crippen LogP contribution in [0, 0.1) is 12.3 Å². The number of anilines is 1. The Hall–Kier alpha value is -2.79. The fourth-order valence-electron chi connectivity index (χ4n) is 3.60. The summed E-state index contributed by atoms with van der Waals surface area (Å²) in [6, 6.07) is 13.7. The van der Waals surface area contributed by atoms with Gasteiger partial charge in [0.15, 0.2) is 0 Å². The van der Waals surface area contributed by atoms with E-state index in [2.05, 4.69) is 5.32 Å². The second kappa shape index (κ2) is 11.6. The summed E-state index contributed by atoms with van der Waals surface area (Å²) in [5, 5.41) is 11.8. The number of para-hydroxylation sites is 1. The van der Waals surface area contributed by atoms with Crippen molar-refractivity contribution in [1.29, 1.82) is 5.41 Å². The van der Waals surface area contributed by atoms with Gasteiger partial charge >= 0.3 is 0 Å². The van der Waals surface area contributed by atoms with Gasteiger partial charge in [0.25, 0.3) is 20.2 Å². The van der Waals surface area contributed by atoms with Gasteiger partial charge in [-0.1, -0.05) is 36.8 Å². The van der Waals surface area contributed by atoms with Crippen LogP contribution in [0.4, 0.5) is 5.69 Å². The minimum absolute atomic E-state index is 0.180. The molecule has 0 bridgehead atoms. The third kappa shape index (κ3) is 8.21. The zero-order valence-electron chi connectivity index (χ0n) is 19.1. The molecule has 2 aromatic carbocycles. The highest BCUT2D eigenvalue weighted by Gasteiger charge is 2.32. The highest BCUT2D eigenvalue weighted by Crippen LogP contribution is 2.35. The molecule has 0 fully saturated rings. The van der Waals surface area contributed by atoms with Gasteiger partial charge in [-0.3, -0.25) is 9.11 Å². The fourth-order valence-corrected chi connectivity index (χ4v) is 4.68. The Kier molecular flexibility index (Phi) is 9.34. The lowest BCUT2D eigenvalue weighted by Crippen LogP contribution is -2.32. The van der Waals surface area contributed by atoms with Crippen LogP contribution in [0.1, 0.15) is 37.3 Å². The van der Waals surface area contributed by atoms with Crippen LogP contribution < -0.4 is 5.32 Å². The molecule has 0 saturated heterocycles. The van der Waals surface area contributed by atoms with E-state index in [1.807, 2.05) is 30.3 Å². The molecule has 10 heteroatoms. The third-order valence-electron chi connectivity index (χ3n) is 5.52. The van der Waals surface area contributed by atoms with E-state index in [0.717, 1.165) is 11.3 Å². The molecule has 0 aliphatic rings. The maximum absolute atomic E-state index is 11.7. The predicted octanol–water partition coefficient (Wildman–Crippen LogP) is 4.76. The largest absolute Gasteiger partial charge is 0.362 e. The molecule has 2 aromatic rings. The average Bonchev–Trinajstić information content (AvgIpc) is 2.75. The average molecular weight is 507 g/mol. The maximum atomic E-state index is 11.7. The summed E-state index contributed by atoms with van der Waals surface area (Å²) >= 11 is 0. The first kappa shape index (κ1) is 27.5. The molecule has 0 heterocycles. The van der Waals surface area contributed by atoms with Gasteiger partial charge in [-0.2, -0.15) is 16.8 Å². The SMILES string of the molecule is Cc1ccc(S(=O)(=O)O)cc1C(C)(CCCCS(=O)(=O)O)C(=N)C=CC=CNc1ccccc1. The third-order valence-corrected chi connectivity index (χ3v) is 7.17. The summed E-state index contributed by atoms with van der Waals surface area (Å²) in [7, 11) is -8.54. The van der Waals surface area contributed by atoms with Crippen LogP contribution in [0.5, 0.6) is 0 Å². The molecule has 0 aliphatic carbocycles. The molecule has 0 spiro atoms. The number of hydrogen-bond acceptors (Lipinski definition) is 6. The number of rotatable bonds is 12. The second-order valence-electron chi connectivity index (χ2n) is 8.17. The van der Waals surface area contributed by atoms with E-state index in [1.54, 1.807) is 44.3 Å². The molecular formula is C24H30N2O6S2. The van der Waals surface area contributed by atoms with Gasteiger partial charge in [0.2, 0.25) is 0 Å². The molecule has 0 radical (unpaired) electrons. The Bertz CT molecular complexity index is 1270. The normalized spacial score (nSPS) is 14.4. The Morgan fingerprint density at radius 1 is 1.03 bits per heavy atom. The predicted molar refractivity (Wildman–Crippen MR) is 135 cm³/mol. The van der Waals surface area contributed by atoms with Gasteiger partial charge in [-0.25, -0.2) is 0 Å². The Labute approximate surface area is 201 Å². The molecule has 34 heavy (non-hydrogen) atoms. The van der Waals surface area contributed by atoms with E-state index in [4.69, 9.17) is 9.96 Å². The summed E-state index contributed by atoms with van der Waals surface area (Å²) < 4.78 is 64.0. The maximum Gasteiger partial charge on any atom is 0.294 e. The summed E-state index contributed by atoms with van der Waals surface area (Å²) in [5.41, 5.74) is 1.38. The molecule has 8 nitrogen and oxygen atoms in total. The van der Waals surface area contributed by atoms with Crippen LogP contribution in [0.3, 0.4) is 0 Å². The zero-order chi connectivity index (χ0) is 25.4. The molecule has 0 saturated carbocycles. The van der Waals surface area contributed by atoms with Crippen LogP contribution in [-0.4, -0.2) is 37.4 Å². The summed E-state index contributed by atoms with van der Waals surface area (Å²) in [6.45, 7) is 3.55. The van der Waals surface area contributed by atoms with E-state index < -0.39 is 31.4 Å². The van der Waals surface area contributed by atoms with Crippen LogP contribution in [0.25, 0.3) is 0 Å². The van der Waals surface area contributed by atoms with E-state index in [1.165, 1.54) is 12.1 Å². The minimum Gasteiger partial charge on any atom is -0.362 e. The minimum atomic E-state index is -4.44. The van der Waals surface area contributed by atoms with Gasteiger partial charge in [0.1, 0.15) is 0 Å². The van der Waals surface area contributed by atoms with Crippen LogP contribution >= 0.6 is 0 Å². The van der Waals surface area contributed by atoms with Crippen molar-refractivity contribution in [2.45, 2.75) is 43.4 Å². The molecule has 2 rings (SSSR count). The van der Waals surface area contributed by atoms with Crippen molar-refractivity contribution in [3.63, 3.8) is 0 Å². The van der Waals surface area contributed by atoms with E-state index in [9.17, 15) is 21.4 Å². The van der Waals surface area contributed by atoms with Crippen molar-refractivity contribution in [3.8, 4) is 0 Å². The standard InChI is InChI=1S/C24H30N2O6S2/c1-19-13-14-21(34(30,31)32)18-22(19)24(2,15-7-9-17-33(27,28)29)23(25)12-6-8-16-26-20-10-4-3-5-11-20/h3-6,8,10-14,16,18,25-26H,7,9,15,17H2,1-2H3,(H,27,28,29)(H,30,31,32). The Morgan fingerprint density at radius 3 is 2.32 bits per heavy atom. The van der Waals surface area contributed by atoms with E-state index in [-0.39, 0.29) is 17.0 Å². The van der Waals surface area contributed by atoms with Crippen molar-refractivity contribution in [2.75, 3.05) is 11.1 Å². The van der Waals surface area contributed by atoms with Gasteiger partial charge in [-0.05, 0) is 74.2 Å². The number of benzene rings is 2. The molecule has 0 aromatic heterocycles. The summed E-state index contributed by atoms with van der Waals surface area (Å²) in [4.78, 5) is -0.277. The van der Waals surface area contributed by atoms with Crippen molar-refractivity contribution >= 4 is 31.6 Å². The lowest BCUT2D eigenvalue weighted by Gasteiger charge is -2.32. The first-order chi connectivity index (χ1) is 15.8.